The molecular formula is C12H18IN3O. The zero-order valence-corrected chi connectivity index (χ0v) is 12.1. The van der Waals surface area contributed by atoms with E-state index >= 15 is 0 Å². The van der Waals surface area contributed by atoms with Crippen LogP contribution in [-0.4, -0.2) is 29.0 Å². The van der Waals surface area contributed by atoms with Crippen LogP contribution in [0.1, 0.15) is 18.9 Å². The van der Waals surface area contributed by atoms with Gasteiger partial charge < -0.3 is 10.9 Å². The van der Waals surface area contributed by atoms with Crippen molar-refractivity contribution in [3.63, 3.8) is 0 Å². The molecule has 5 heteroatoms. The van der Waals surface area contributed by atoms with Gasteiger partial charge in [0.05, 0.1) is 6.54 Å². The van der Waals surface area contributed by atoms with E-state index in [9.17, 15) is 0 Å². The smallest absolute Gasteiger partial charge is 0.153 e. The van der Waals surface area contributed by atoms with Gasteiger partial charge in [-0.25, -0.2) is 0 Å². The highest BCUT2D eigenvalue weighted by Crippen LogP contribution is 2.09. The van der Waals surface area contributed by atoms with Gasteiger partial charge in [-0.3, -0.25) is 4.90 Å². The summed E-state index contributed by atoms with van der Waals surface area (Å²) in [6, 6.07) is 8.39. The summed E-state index contributed by atoms with van der Waals surface area (Å²) in [7, 11) is 0. The molecule has 0 aliphatic rings. The fraction of sp³-hybridized carbons (Fsp3) is 0.417. The first-order valence-corrected chi connectivity index (χ1v) is 6.66. The zero-order chi connectivity index (χ0) is 12.7. The summed E-state index contributed by atoms with van der Waals surface area (Å²) < 4.78 is 1.23. The second-order valence-corrected chi connectivity index (χ2v) is 5.17. The van der Waals surface area contributed by atoms with Gasteiger partial charge in [-0.15, -0.1) is 0 Å². The fourth-order valence-corrected chi connectivity index (χ4v) is 2.00. The highest BCUT2D eigenvalue weighted by Gasteiger charge is 2.07. The van der Waals surface area contributed by atoms with Crippen molar-refractivity contribution in [2.24, 2.45) is 10.9 Å². The number of nitrogens with two attached hydrogens (primary N) is 1. The lowest BCUT2D eigenvalue weighted by Gasteiger charge is -2.20. The van der Waals surface area contributed by atoms with E-state index in [0.29, 0.717) is 6.54 Å². The second-order valence-electron chi connectivity index (χ2n) is 3.93. The van der Waals surface area contributed by atoms with E-state index in [-0.39, 0.29) is 5.84 Å². The summed E-state index contributed by atoms with van der Waals surface area (Å²) in [6.07, 6.45) is 1.04. The van der Waals surface area contributed by atoms with E-state index in [1.807, 2.05) is 0 Å². The van der Waals surface area contributed by atoms with Gasteiger partial charge in [0, 0.05) is 10.1 Å². The Morgan fingerprint density at radius 1 is 1.41 bits per heavy atom. The molecule has 1 aromatic rings. The predicted molar refractivity (Wildman–Crippen MR) is 78.1 cm³/mol. The Labute approximate surface area is 116 Å². The van der Waals surface area contributed by atoms with Gasteiger partial charge in [-0.05, 0) is 53.3 Å². The van der Waals surface area contributed by atoms with Crippen LogP contribution in [0.2, 0.25) is 0 Å². The van der Waals surface area contributed by atoms with Crippen LogP contribution < -0.4 is 5.73 Å². The monoisotopic (exact) mass is 347 g/mol. The first kappa shape index (κ1) is 14.2. The van der Waals surface area contributed by atoms with Crippen molar-refractivity contribution in [1.29, 1.82) is 0 Å². The third kappa shape index (κ3) is 5.36. The van der Waals surface area contributed by atoms with Crippen LogP contribution in [0.15, 0.2) is 29.4 Å². The number of rotatable bonds is 6. The van der Waals surface area contributed by atoms with Crippen LogP contribution in [0.3, 0.4) is 0 Å². The van der Waals surface area contributed by atoms with E-state index < -0.39 is 0 Å². The van der Waals surface area contributed by atoms with E-state index in [2.05, 4.69) is 63.8 Å². The molecule has 0 saturated heterocycles. The summed E-state index contributed by atoms with van der Waals surface area (Å²) in [5.74, 6) is 0.254. The Balaban J connectivity index is 2.62. The minimum Gasteiger partial charge on any atom is -0.409 e. The number of hydrogen-bond donors (Lipinski definition) is 2. The fourth-order valence-electron chi connectivity index (χ4n) is 1.64. The average molecular weight is 347 g/mol. The van der Waals surface area contributed by atoms with Crippen molar-refractivity contribution in [2.45, 2.75) is 19.9 Å². The molecule has 1 aromatic carbocycles. The number of halogens is 1. The minimum atomic E-state index is 0.254. The van der Waals surface area contributed by atoms with Crippen molar-refractivity contribution >= 4 is 28.4 Å². The van der Waals surface area contributed by atoms with Crippen molar-refractivity contribution < 1.29 is 5.21 Å². The maximum Gasteiger partial charge on any atom is 0.153 e. The van der Waals surface area contributed by atoms with Gasteiger partial charge in [0.15, 0.2) is 5.84 Å². The molecule has 0 aromatic heterocycles. The molecule has 0 aliphatic heterocycles. The lowest BCUT2D eigenvalue weighted by molar-refractivity contribution is 0.286. The molecule has 0 atom stereocenters. The van der Waals surface area contributed by atoms with E-state index in [1.165, 1.54) is 9.13 Å². The van der Waals surface area contributed by atoms with Gasteiger partial charge in [0.25, 0.3) is 0 Å². The molecule has 0 saturated carbocycles. The highest BCUT2D eigenvalue weighted by atomic mass is 127. The molecular weight excluding hydrogens is 329 g/mol. The first-order valence-electron chi connectivity index (χ1n) is 5.59. The molecule has 0 bridgehead atoms. The van der Waals surface area contributed by atoms with Gasteiger partial charge in [-0.2, -0.15) is 0 Å². The summed E-state index contributed by atoms with van der Waals surface area (Å²) in [6.45, 7) is 4.37. The third-order valence-corrected chi connectivity index (χ3v) is 3.09. The van der Waals surface area contributed by atoms with Gasteiger partial charge in [0.2, 0.25) is 0 Å². The Kier molecular flexibility index (Phi) is 6.28. The van der Waals surface area contributed by atoms with Crippen LogP contribution in [0.25, 0.3) is 0 Å². The predicted octanol–water partition coefficient (Wildman–Crippen LogP) is 2.25. The number of benzene rings is 1. The molecule has 4 nitrogen and oxygen atoms in total. The molecule has 0 aliphatic carbocycles. The number of amidine groups is 1. The molecule has 0 amide bonds. The number of nitrogens with zero attached hydrogens (tertiary/aromatic N) is 2. The number of hydrogen-bond acceptors (Lipinski definition) is 3. The van der Waals surface area contributed by atoms with Crippen LogP contribution in [0.4, 0.5) is 0 Å². The third-order valence-electron chi connectivity index (χ3n) is 2.37. The van der Waals surface area contributed by atoms with E-state index in [1.54, 1.807) is 0 Å². The zero-order valence-electron chi connectivity index (χ0n) is 9.93. The standard InChI is InChI=1S/C12H18IN3O/c1-2-7-16(9-12(14)15-17)8-10-3-5-11(13)6-4-10/h3-6,17H,2,7-9H2,1H3,(H2,14,15). The summed E-state index contributed by atoms with van der Waals surface area (Å²) >= 11 is 2.29. The van der Waals surface area contributed by atoms with Gasteiger partial charge in [0.1, 0.15) is 0 Å². The molecule has 94 valence electrons. The Morgan fingerprint density at radius 3 is 2.59 bits per heavy atom. The molecule has 3 N–H and O–H groups in total. The lowest BCUT2D eigenvalue weighted by atomic mass is 10.2. The number of oxime groups is 1. The largest absolute Gasteiger partial charge is 0.409 e. The Hall–Kier alpha value is -0.820. The van der Waals surface area contributed by atoms with Crippen LogP contribution >= 0.6 is 22.6 Å². The first-order chi connectivity index (χ1) is 8.15. The molecule has 0 unspecified atom stereocenters. The normalized spacial score (nSPS) is 12.1. The van der Waals surface area contributed by atoms with Crippen LogP contribution in [0.5, 0.6) is 0 Å². The molecule has 0 radical (unpaired) electrons. The molecule has 0 fully saturated rings. The SMILES string of the molecule is CCCN(CC(N)=NO)Cc1ccc(I)cc1. The topological polar surface area (TPSA) is 61.8 Å². The molecule has 0 heterocycles. The molecule has 1 rings (SSSR count). The molecule has 0 spiro atoms. The van der Waals surface area contributed by atoms with Gasteiger partial charge >= 0.3 is 0 Å². The minimum absolute atomic E-state index is 0.254. The van der Waals surface area contributed by atoms with Crippen LogP contribution in [-0.2, 0) is 6.54 Å². The van der Waals surface area contributed by atoms with Crippen molar-refractivity contribution in [1.82, 2.24) is 4.90 Å². The quantitative estimate of drug-likeness (QED) is 0.273. The summed E-state index contributed by atoms with van der Waals surface area (Å²) in [5, 5.41) is 11.6. The summed E-state index contributed by atoms with van der Waals surface area (Å²) in [4.78, 5) is 2.16. The average Bonchev–Trinajstić information content (AvgIpc) is 2.32. The van der Waals surface area contributed by atoms with Gasteiger partial charge in [-0.1, -0.05) is 24.2 Å². The van der Waals surface area contributed by atoms with Crippen molar-refractivity contribution in [3.8, 4) is 0 Å². The molecule has 17 heavy (non-hydrogen) atoms. The summed E-state index contributed by atoms with van der Waals surface area (Å²) in [5.41, 5.74) is 6.78. The second kappa shape index (κ2) is 7.50. The highest BCUT2D eigenvalue weighted by molar-refractivity contribution is 14.1. The maximum absolute atomic E-state index is 8.59. The van der Waals surface area contributed by atoms with Crippen molar-refractivity contribution in [3.05, 3.63) is 33.4 Å². The van der Waals surface area contributed by atoms with Crippen molar-refractivity contribution in [2.75, 3.05) is 13.1 Å². The van der Waals surface area contributed by atoms with E-state index in [4.69, 9.17) is 10.9 Å². The van der Waals surface area contributed by atoms with E-state index in [0.717, 1.165) is 19.5 Å². The van der Waals surface area contributed by atoms with Crippen LogP contribution in [0, 0.1) is 3.57 Å². The Bertz CT molecular complexity index is 365. The lowest BCUT2D eigenvalue weighted by Crippen LogP contribution is -2.34. The maximum atomic E-state index is 8.59. The Morgan fingerprint density at radius 2 is 2.06 bits per heavy atom.